The van der Waals surface area contributed by atoms with Crippen molar-refractivity contribution in [2.75, 3.05) is 9.74 Å². The van der Waals surface area contributed by atoms with E-state index in [4.69, 9.17) is 0 Å². The summed E-state index contributed by atoms with van der Waals surface area (Å²) in [7, 11) is -9.74. The minimum Gasteiger partial charge on any atom is -0.744 e. The van der Waals surface area contributed by atoms with Gasteiger partial charge in [0, 0.05) is 0 Å². The Morgan fingerprint density at radius 1 is 1.10 bits per heavy atom. The maximum atomic E-state index is 11.2. The molecule has 0 bridgehead atoms. The molecule has 1 aromatic carbocycles. The minimum atomic E-state index is -4.91. The van der Waals surface area contributed by atoms with Crippen molar-refractivity contribution in [2.24, 2.45) is 0 Å². The van der Waals surface area contributed by atoms with Crippen LogP contribution in [-0.4, -0.2) is 36.3 Å². The topological polar surface area (TPSA) is 144 Å². The number of carbonyl (C=O) groups is 1. The Labute approximate surface area is 220 Å². The van der Waals surface area contributed by atoms with E-state index in [9.17, 15) is 30.7 Å². The molecule has 0 radical (unpaired) electrons. The van der Waals surface area contributed by atoms with Crippen LogP contribution in [0.5, 0.6) is 0 Å². The molecule has 1 amide bonds. The van der Waals surface area contributed by atoms with Gasteiger partial charge in [0.05, 0.1) is 19.9 Å². The number of benzene rings is 1. The molecule has 21 heavy (non-hydrogen) atoms. The third-order valence-electron chi connectivity index (χ3n) is 1.90. The smallest absolute Gasteiger partial charge is 0.744 e. The maximum Gasteiger partial charge on any atom is 1.00 e. The van der Waals surface area contributed by atoms with Crippen molar-refractivity contribution < 1.29 is 134 Å². The summed E-state index contributed by atoms with van der Waals surface area (Å²) in [5, 5.41) is 2.05. The third-order valence-corrected chi connectivity index (χ3v) is 4.32. The van der Waals surface area contributed by atoms with Gasteiger partial charge >= 0.3 is 103 Å². The summed E-state index contributed by atoms with van der Waals surface area (Å²) < 4.78 is 65.2. The molecule has 0 saturated heterocycles. The van der Waals surface area contributed by atoms with Gasteiger partial charge in [-0.25, -0.2) is 16.8 Å². The fraction of sp³-hybridized carbons (Fsp3) is 0.125. The number of nitrogens with one attached hydrogen (secondary N) is 1. The summed E-state index contributed by atoms with van der Waals surface area (Å²) in [5.74, 6) is -0.647. The summed E-state index contributed by atoms with van der Waals surface area (Å²) in [4.78, 5) is 9.62. The predicted molar refractivity (Wildman–Crippen MR) is 69.9 cm³/mol. The van der Waals surface area contributed by atoms with Crippen LogP contribution in [0, 0.1) is 0 Å². The second-order valence-corrected chi connectivity index (χ2v) is 6.74. The van der Waals surface area contributed by atoms with Crippen molar-refractivity contribution in [1.29, 1.82) is 0 Å². The number of hydrogen-bond donors (Lipinski definition) is 1. The van der Waals surface area contributed by atoms with Gasteiger partial charge in [-0.3, -0.25) is 4.79 Å². The number of anilines is 1. The van der Waals surface area contributed by atoms with E-state index in [1.165, 1.54) is 0 Å². The van der Waals surface area contributed by atoms with Crippen LogP contribution in [-0.2, 0) is 25.0 Å². The Morgan fingerprint density at radius 3 is 2.00 bits per heavy atom. The summed E-state index contributed by atoms with van der Waals surface area (Å²) >= 11 is 1.68. The molecule has 0 aliphatic carbocycles. The summed E-state index contributed by atoms with van der Waals surface area (Å²) in [6.45, 7) is 0. The molecule has 0 atom stereocenters. The number of amides is 1. The van der Waals surface area contributed by atoms with Gasteiger partial charge in [-0.15, -0.1) is 0 Å². The van der Waals surface area contributed by atoms with Crippen LogP contribution in [0.4, 0.5) is 5.69 Å². The molecule has 0 aromatic heterocycles. The van der Waals surface area contributed by atoms with E-state index >= 15 is 0 Å². The molecule has 1 aromatic rings. The second-order valence-electron chi connectivity index (χ2n) is 3.25. The van der Waals surface area contributed by atoms with E-state index in [1.807, 2.05) is 0 Å². The van der Waals surface area contributed by atoms with Crippen LogP contribution >= 0.6 is 22.6 Å². The number of carbonyl (C=O) groups excluding carboxylic acids is 1. The van der Waals surface area contributed by atoms with Crippen LogP contribution in [0.15, 0.2) is 28.0 Å². The van der Waals surface area contributed by atoms with E-state index < -0.39 is 41.6 Å². The van der Waals surface area contributed by atoms with Crippen molar-refractivity contribution in [2.45, 2.75) is 9.79 Å². The average Bonchev–Trinajstić information content (AvgIpc) is 2.26. The van der Waals surface area contributed by atoms with Gasteiger partial charge in [0.25, 0.3) is 0 Å². The molecule has 0 spiro atoms. The van der Waals surface area contributed by atoms with Crippen molar-refractivity contribution in [3.8, 4) is 0 Å². The van der Waals surface area contributed by atoms with Crippen LogP contribution in [0.1, 0.15) is 0 Å². The fourth-order valence-electron chi connectivity index (χ4n) is 1.16. The van der Waals surface area contributed by atoms with Crippen LogP contribution in [0.3, 0.4) is 0 Å². The zero-order chi connectivity index (χ0) is 14.8. The van der Waals surface area contributed by atoms with Crippen molar-refractivity contribution in [3.63, 3.8) is 0 Å². The predicted octanol–water partition coefficient (Wildman–Crippen LogP) is -6.12. The SMILES string of the molecule is O=C(CI)Nc1cc(S(=O)(=O)[O-])ccc1S(=O)(=O)[O-].[K+].[K+]. The third kappa shape index (κ3) is 8.43. The minimum absolute atomic E-state index is 0. The molecular weight excluding hydrogens is 491 g/mol. The quantitative estimate of drug-likeness (QED) is 0.189. The van der Waals surface area contributed by atoms with E-state index in [1.54, 1.807) is 22.6 Å². The molecule has 0 saturated carbocycles. The van der Waals surface area contributed by atoms with Crippen LogP contribution in [0.25, 0.3) is 0 Å². The number of rotatable bonds is 4. The monoisotopic (exact) mass is 497 g/mol. The zero-order valence-electron chi connectivity index (χ0n) is 11.0. The second kappa shape index (κ2) is 10.5. The largest absolute Gasteiger partial charge is 1.00 e. The van der Waals surface area contributed by atoms with Gasteiger partial charge in [0.1, 0.15) is 20.2 Å². The van der Waals surface area contributed by atoms with Gasteiger partial charge in [-0.2, -0.15) is 0 Å². The molecule has 0 heterocycles. The Hall–Kier alpha value is 2.51. The van der Waals surface area contributed by atoms with Crippen molar-refractivity contribution in [1.82, 2.24) is 0 Å². The van der Waals surface area contributed by atoms with Gasteiger partial charge in [0.2, 0.25) is 5.91 Å². The standard InChI is InChI=1S/C8H8INO7S2.2K/c9-4-8(11)10-6-3-5(18(12,13)14)1-2-7(6)19(15,16)17;;/h1-3H,4H2,(H,10,11)(H,12,13,14)(H,15,16,17);;/q;2*+1/p-2. The Bertz CT molecular complexity index is 720. The first-order valence-electron chi connectivity index (χ1n) is 4.47. The first-order valence-corrected chi connectivity index (χ1v) is 8.81. The van der Waals surface area contributed by atoms with E-state index in [2.05, 4.69) is 5.32 Å². The Morgan fingerprint density at radius 2 is 1.62 bits per heavy atom. The molecule has 1 N–H and O–H groups in total. The Balaban J connectivity index is 0. The van der Waals surface area contributed by atoms with Crippen molar-refractivity contribution in [3.05, 3.63) is 18.2 Å². The number of hydrogen-bond acceptors (Lipinski definition) is 7. The molecular formula is C8H6IK2NO7S2. The van der Waals surface area contributed by atoms with Crippen LogP contribution < -0.4 is 108 Å². The summed E-state index contributed by atoms with van der Waals surface area (Å²) in [6, 6.07) is 1.99. The normalized spacial score (nSPS) is 11.0. The fourth-order valence-corrected chi connectivity index (χ4v) is 2.47. The van der Waals surface area contributed by atoms with Gasteiger partial charge in [-0.05, 0) is 18.2 Å². The van der Waals surface area contributed by atoms with Gasteiger partial charge < -0.3 is 14.4 Å². The molecule has 0 aliphatic heterocycles. The Kier molecular flexibility index (Phi) is 12.9. The average molecular weight is 497 g/mol. The molecule has 0 fully saturated rings. The molecule has 0 aliphatic rings. The first kappa shape index (κ1) is 25.7. The molecule has 8 nitrogen and oxygen atoms in total. The van der Waals surface area contributed by atoms with E-state index in [0.717, 1.165) is 0 Å². The van der Waals surface area contributed by atoms with Crippen molar-refractivity contribution >= 4 is 54.4 Å². The molecule has 13 heteroatoms. The molecule has 0 unspecified atom stereocenters. The molecule has 106 valence electrons. The first-order chi connectivity index (χ1) is 8.55. The van der Waals surface area contributed by atoms with E-state index in [-0.39, 0.29) is 107 Å². The number of alkyl halides is 1. The summed E-state index contributed by atoms with van der Waals surface area (Å²) in [6.07, 6.45) is 0. The maximum absolute atomic E-state index is 11.2. The van der Waals surface area contributed by atoms with Gasteiger partial charge in [0.15, 0.2) is 0 Å². The zero-order valence-corrected chi connectivity index (χ0v) is 21.0. The van der Waals surface area contributed by atoms with Crippen LogP contribution in [0.2, 0.25) is 0 Å². The van der Waals surface area contributed by atoms with E-state index in [0.29, 0.717) is 18.2 Å². The van der Waals surface area contributed by atoms with Gasteiger partial charge in [-0.1, -0.05) is 22.6 Å². The molecule has 1 rings (SSSR count). The number of halogens is 1. The summed E-state index contributed by atoms with van der Waals surface area (Å²) in [5.41, 5.74) is -0.534.